The molecule has 0 aromatic rings. The zero-order chi connectivity index (χ0) is 8.48. The fraction of sp³-hybridized carbons (Fsp3) is 1.00. The van der Waals surface area contributed by atoms with Crippen LogP contribution in [0.15, 0.2) is 0 Å². The lowest BCUT2D eigenvalue weighted by molar-refractivity contribution is 0.264. The minimum absolute atomic E-state index is 0.386. The first-order chi connectivity index (χ1) is 5.05. The molecule has 64 valence electrons. The van der Waals surface area contributed by atoms with E-state index in [0.717, 1.165) is 6.85 Å². The lowest BCUT2D eigenvalue weighted by Crippen LogP contribution is -2.46. The summed E-state index contributed by atoms with van der Waals surface area (Å²) in [4.78, 5) is 2.65. The van der Waals surface area contributed by atoms with Crippen molar-refractivity contribution in [2.24, 2.45) is 0 Å². The van der Waals surface area contributed by atoms with Crippen molar-refractivity contribution >= 4 is 6.85 Å². The summed E-state index contributed by atoms with van der Waals surface area (Å²) in [5, 5.41) is 0. The van der Waals surface area contributed by atoms with Gasteiger partial charge in [0, 0.05) is 5.54 Å². The Kier molecular flexibility index (Phi) is 2.63. The summed E-state index contributed by atoms with van der Waals surface area (Å²) < 4.78 is 0. The molecule has 1 aliphatic heterocycles. The minimum Gasteiger partial charge on any atom is -0.337 e. The molecule has 0 spiro atoms. The summed E-state index contributed by atoms with van der Waals surface area (Å²) in [6, 6.07) is 0. The third-order valence-corrected chi connectivity index (χ3v) is 2.71. The third-order valence-electron chi connectivity index (χ3n) is 2.71. The predicted octanol–water partition coefficient (Wildman–Crippen LogP) is 2.50. The molecule has 0 radical (unpaired) electrons. The molecule has 1 nitrogen and oxygen atoms in total. The summed E-state index contributed by atoms with van der Waals surface area (Å²) in [5.41, 5.74) is 0.386. The molecule has 11 heavy (non-hydrogen) atoms. The van der Waals surface area contributed by atoms with E-state index >= 15 is 0 Å². The molecular formula is C9H20BN. The molecule has 0 aliphatic carbocycles. The highest BCUT2D eigenvalue weighted by molar-refractivity contribution is 6.56. The summed E-state index contributed by atoms with van der Waals surface area (Å²) in [7, 11) is 0. The van der Waals surface area contributed by atoms with Gasteiger partial charge >= 0.3 is 0 Å². The highest BCUT2D eigenvalue weighted by Gasteiger charge is 2.33. The van der Waals surface area contributed by atoms with E-state index in [4.69, 9.17) is 0 Å². The second kappa shape index (κ2) is 3.18. The van der Waals surface area contributed by atoms with E-state index in [2.05, 4.69) is 32.5 Å². The number of rotatable bonds is 1. The van der Waals surface area contributed by atoms with Crippen LogP contribution in [0.2, 0.25) is 12.6 Å². The van der Waals surface area contributed by atoms with Gasteiger partial charge in [-0.2, -0.15) is 0 Å². The van der Waals surface area contributed by atoms with Gasteiger partial charge in [-0.1, -0.05) is 19.6 Å². The zero-order valence-electron chi connectivity index (χ0n) is 8.35. The van der Waals surface area contributed by atoms with Crippen molar-refractivity contribution < 1.29 is 0 Å². The van der Waals surface area contributed by atoms with Gasteiger partial charge in [0.05, 0.1) is 0 Å². The molecule has 2 heteroatoms. The van der Waals surface area contributed by atoms with Gasteiger partial charge in [0.25, 0.3) is 0 Å². The largest absolute Gasteiger partial charge is 0.337 e. The predicted molar refractivity (Wildman–Crippen MR) is 52.1 cm³/mol. The van der Waals surface area contributed by atoms with Crippen LogP contribution in [0.3, 0.4) is 0 Å². The maximum absolute atomic E-state index is 2.65. The van der Waals surface area contributed by atoms with E-state index in [-0.39, 0.29) is 0 Å². The summed E-state index contributed by atoms with van der Waals surface area (Å²) >= 11 is 0. The van der Waals surface area contributed by atoms with Crippen LogP contribution in [-0.2, 0) is 0 Å². The van der Waals surface area contributed by atoms with E-state index in [1.54, 1.807) is 0 Å². The molecule has 0 aromatic carbocycles. The molecule has 1 saturated heterocycles. The highest BCUT2D eigenvalue weighted by atomic mass is 15.1. The third kappa shape index (κ3) is 1.99. The quantitative estimate of drug-likeness (QED) is 0.523. The van der Waals surface area contributed by atoms with Crippen LogP contribution in [0.5, 0.6) is 0 Å². The zero-order valence-corrected chi connectivity index (χ0v) is 8.35. The Morgan fingerprint density at radius 1 is 1.36 bits per heavy atom. The summed E-state index contributed by atoms with van der Waals surface area (Å²) in [5.74, 6) is 0. The van der Waals surface area contributed by atoms with E-state index in [1.807, 2.05) is 0 Å². The molecule has 0 saturated carbocycles. The molecule has 0 atom stereocenters. The smallest absolute Gasteiger partial charge is 0.223 e. The van der Waals surface area contributed by atoms with Crippen LogP contribution >= 0.6 is 0 Å². The highest BCUT2D eigenvalue weighted by Crippen LogP contribution is 2.26. The van der Waals surface area contributed by atoms with E-state index in [1.165, 1.54) is 25.6 Å². The molecule has 0 N–H and O–H groups in total. The Morgan fingerprint density at radius 2 is 2.00 bits per heavy atom. The SMILES string of the molecule is CCB1CCCN1C(C)(C)C. The molecule has 0 unspecified atom stereocenters. The van der Waals surface area contributed by atoms with E-state index in [0.29, 0.717) is 5.54 Å². The van der Waals surface area contributed by atoms with Crippen molar-refractivity contribution in [1.29, 1.82) is 0 Å². The monoisotopic (exact) mass is 153 g/mol. The fourth-order valence-corrected chi connectivity index (χ4v) is 2.14. The van der Waals surface area contributed by atoms with Crippen LogP contribution < -0.4 is 0 Å². The average molecular weight is 153 g/mol. The van der Waals surface area contributed by atoms with Gasteiger partial charge in [0.15, 0.2) is 0 Å². The molecule has 1 heterocycles. The van der Waals surface area contributed by atoms with Crippen molar-refractivity contribution in [3.05, 3.63) is 0 Å². The number of hydrogen-bond acceptors (Lipinski definition) is 1. The van der Waals surface area contributed by atoms with Crippen molar-refractivity contribution in [2.45, 2.75) is 52.3 Å². The first kappa shape index (κ1) is 9.12. The Labute approximate surface area is 71.3 Å². The van der Waals surface area contributed by atoms with Crippen molar-refractivity contribution in [3.63, 3.8) is 0 Å². The lowest BCUT2D eigenvalue weighted by Gasteiger charge is -2.35. The van der Waals surface area contributed by atoms with Gasteiger partial charge in [-0.25, -0.2) is 0 Å². The Morgan fingerprint density at radius 3 is 2.36 bits per heavy atom. The van der Waals surface area contributed by atoms with Crippen molar-refractivity contribution in [1.82, 2.24) is 4.81 Å². The summed E-state index contributed by atoms with van der Waals surface area (Å²) in [6.45, 7) is 11.4. The van der Waals surface area contributed by atoms with Crippen LogP contribution in [0.25, 0.3) is 0 Å². The van der Waals surface area contributed by atoms with Crippen LogP contribution in [-0.4, -0.2) is 23.7 Å². The Balaban J connectivity index is 2.57. The molecule has 1 rings (SSSR count). The van der Waals surface area contributed by atoms with Gasteiger partial charge in [0.1, 0.15) is 0 Å². The first-order valence-corrected chi connectivity index (χ1v) is 4.82. The lowest BCUT2D eigenvalue weighted by atomic mass is 9.56. The van der Waals surface area contributed by atoms with Crippen LogP contribution in [0, 0.1) is 0 Å². The maximum atomic E-state index is 2.65. The second-order valence-electron chi connectivity index (χ2n) is 4.57. The maximum Gasteiger partial charge on any atom is 0.223 e. The molecular weight excluding hydrogens is 133 g/mol. The molecule has 1 fully saturated rings. The molecule has 0 aromatic heterocycles. The Hall–Kier alpha value is 0.0249. The molecule has 0 amide bonds. The van der Waals surface area contributed by atoms with Crippen molar-refractivity contribution in [2.75, 3.05) is 6.54 Å². The van der Waals surface area contributed by atoms with Gasteiger partial charge < -0.3 is 4.81 Å². The average Bonchev–Trinajstić information content (AvgIpc) is 2.31. The van der Waals surface area contributed by atoms with Crippen LogP contribution in [0.1, 0.15) is 34.1 Å². The Bertz CT molecular complexity index is 128. The fourth-order valence-electron chi connectivity index (χ4n) is 2.14. The van der Waals surface area contributed by atoms with Crippen LogP contribution in [0.4, 0.5) is 0 Å². The second-order valence-corrected chi connectivity index (χ2v) is 4.57. The first-order valence-electron chi connectivity index (χ1n) is 4.82. The van der Waals surface area contributed by atoms with Gasteiger partial charge in [0.2, 0.25) is 6.85 Å². The summed E-state index contributed by atoms with van der Waals surface area (Å²) in [6.07, 6.45) is 4.13. The standard InChI is InChI=1S/C9H20BN/c1-5-10-7-6-8-11(10)9(2,3)4/h5-8H2,1-4H3. The van der Waals surface area contributed by atoms with E-state index < -0.39 is 0 Å². The number of nitrogens with zero attached hydrogens (tertiary/aromatic N) is 1. The molecule has 1 aliphatic rings. The van der Waals surface area contributed by atoms with E-state index in [9.17, 15) is 0 Å². The van der Waals surface area contributed by atoms with Gasteiger partial charge in [-0.15, -0.1) is 0 Å². The van der Waals surface area contributed by atoms with Gasteiger partial charge in [-0.3, -0.25) is 0 Å². The number of hydrogen-bond donors (Lipinski definition) is 0. The molecule has 0 bridgehead atoms. The van der Waals surface area contributed by atoms with Crippen molar-refractivity contribution in [3.8, 4) is 0 Å². The minimum atomic E-state index is 0.386. The topological polar surface area (TPSA) is 3.24 Å². The van der Waals surface area contributed by atoms with Gasteiger partial charge in [-0.05, 0) is 33.7 Å². The normalized spacial score (nSPS) is 21.3.